The number of thiophene rings is 1. The maximum Gasteiger partial charge on any atom is 0.362 e. The van der Waals surface area contributed by atoms with Crippen molar-refractivity contribution in [3.63, 3.8) is 0 Å². The molecule has 2 aromatic carbocycles. The van der Waals surface area contributed by atoms with Crippen LogP contribution >= 0.6 is 11.3 Å². The lowest BCUT2D eigenvalue weighted by Gasteiger charge is -2.45. The van der Waals surface area contributed by atoms with Crippen molar-refractivity contribution >= 4 is 44.0 Å². The molecule has 0 saturated carbocycles. The van der Waals surface area contributed by atoms with E-state index in [9.17, 15) is 9.59 Å². The molecule has 5 rings (SSSR count). The lowest BCUT2D eigenvalue weighted by Crippen LogP contribution is -2.62. The van der Waals surface area contributed by atoms with Crippen LogP contribution in [0.5, 0.6) is 5.75 Å². The van der Waals surface area contributed by atoms with E-state index < -0.39 is 0 Å². The van der Waals surface area contributed by atoms with Crippen LogP contribution in [0.1, 0.15) is 65.7 Å². The number of hydrogen-bond donors (Lipinski definition) is 1. The number of pyridine rings is 1. The average Bonchev–Trinajstić information content (AvgIpc) is 3.53. The number of hydrogen-bond acceptors (Lipinski definition) is 6. The number of esters is 1. The van der Waals surface area contributed by atoms with Crippen LogP contribution in [0.15, 0.2) is 64.8 Å². The SMILES string of the molecule is CCCCC(CC)(CC)OC(=O)C[N+]1(CCCCOc2ccc3ccc(=O)[nH]c3c2)CCN(c2cccc3sccc23)CC1. The maximum absolute atomic E-state index is 13.6. The van der Waals surface area contributed by atoms with E-state index in [1.54, 1.807) is 11.3 Å². The van der Waals surface area contributed by atoms with E-state index in [1.165, 1.54) is 21.8 Å². The molecule has 3 heterocycles. The summed E-state index contributed by atoms with van der Waals surface area (Å²) in [7, 11) is 0. The molecule has 1 aliphatic rings. The minimum Gasteiger partial charge on any atom is -0.494 e. The average molecular weight is 619 g/mol. The van der Waals surface area contributed by atoms with Gasteiger partial charge in [0.2, 0.25) is 5.56 Å². The number of carbonyl (C=O) groups excluding carboxylic acids is 1. The molecular formula is C36H48N3O4S+. The Balaban J connectivity index is 1.23. The van der Waals surface area contributed by atoms with Gasteiger partial charge >= 0.3 is 5.97 Å². The van der Waals surface area contributed by atoms with E-state index in [-0.39, 0.29) is 17.1 Å². The number of carbonyl (C=O) groups is 1. The number of nitrogens with zero attached hydrogens (tertiary/aromatic N) is 2. The van der Waals surface area contributed by atoms with Gasteiger partial charge in [0.15, 0.2) is 6.54 Å². The van der Waals surface area contributed by atoms with Crippen LogP contribution < -0.4 is 15.2 Å². The summed E-state index contributed by atoms with van der Waals surface area (Å²) in [6.07, 6.45) is 6.67. The van der Waals surface area contributed by atoms with Gasteiger partial charge in [0.25, 0.3) is 0 Å². The number of piperazine rings is 1. The van der Waals surface area contributed by atoms with E-state index >= 15 is 0 Å². The lowest BCUT2D eigenvalue weighted by atomic mass is 9.91. The zero-order valence-corrected chi connectivity index (χ0v) is 27.4. The fraction of sp³-hybridized carbons (Fsp3) is 0.500. The van der Waals surface area contributed by atoms with Gasteiger partial charge in [-0.1, -0.05) is 33.3 Å². The van der Waals surface area contributed by atoms with Crippen molar-refractivity contribution in [2.75, 3.05) is 50.8 Å². The van der Waals surface area contributed by atoms with Gasteiger partial charge in [-0.2, -0.15) is 0 Å². The monoisotopic (exact) mass is 618 g/mol. The largest absolute Gasteiger partial charge is 0.494 e. The third-order valence-electron chi connectivity index (χ3n) is 9.56. The number of rotatable bonds is 15. The van der Waals surface area contributed by atoms with Crippen LogP contribution in [0, 0.1) is 0 Å². The summed E-state index contributed by atoms with van der Waals surface area (Å²) >= 11 is 1.78. The smallest absolute Gasteiger partial charge is 0.362 e. The third kappa shape index (κ3) is 7.64. The van der Waals surface area contributed by atoms with Crippen LogP contribution in [0.2, 0.25) is 0 Å². The maximum atomic E-state index is 13.6. The number of aromatic nitrogens is 1. The molecule has 0 spiro atoms. The second kappa shape index (κ2) is 14.6. The summed E-state index contributed by atoms with van der Waals surface area (Å²) in [5.74, 6) is 0.699. The standard InChI is InChI=1S/C36H47N3O4S/c1-4-7-18-36(5-2,6-3)43-35(41)27-39(22-19-38(20-23-39)32-11-10-12-33-30(32)17-25-44-33)21-8-9-24-42-29-15-13-28-14-16-34(40)37-31(28)26-29/h10-17,25-26H,4-9,18-24,27H2,1-3H3/p+1. The van der Waals surface area contributed by atoms with E-state index in [0.717, 1.165) is 98.8 Å². The highest BCUT2D eigenvalue weighted by molar-refractivity contribution is 7.17. The molecule has 44 heavy (non-hydrogen) atoms. The Bertz CT molecular complexity index is 1580. The summed E-state index contributed by atoms with van der Waals surface area (Å²) in [4.78, 5) is 30.7. The van der Waals surface area contributed by atoms with Crippen molar-refractivity contribution < 1.29 is 18.8 Å². The molecule has 4 aromatic rings. The van der Waals surface area contributed by atoms with Gasteiger partial charge in [0, 0.05) is 27.9 Å². The van der Waals surface area contributed by atoms with Crippen LogP contribution in [0.3, 0.4) is 0 Å². The molecule has 1 saturated heterocycles. The molecule has 2 aromatic heterocycles. The first-order valence-corrected chi connectivity index (χ1v) is 17.3. The second-order valence-electron chi connectivity index (χ2n) is 12.4. The molecule has 0 aliphatic carbocycles. The normalized spacial score (nSPS) is 15.1. The number of quaternary nitrogens is 1. The van der Waals surface area contributed by atoms with E-state index in [4.69, 9.17) is 9.47 Å². The molecule has 7 nitrogen and oxygen atoms in total. The summed E-state index contributed by atoms with van der Waals surface area (Å²) in [5.41, 5.74) is 1.61. The number of ether oxygens (including phenoxy) is 2. The summed E-state index contributed by atoms with van der Waals surface area (Å²) in [6.45, 7) is 12.1. The number of benzene rings is 2. The molecule has 0 amide bonds. The lowest BCUT2D eigenvalue weighted by molar-refractivity contribution is -0.922. The summed E-state index contributed by atoms with van der Waals surface area (Å²) < 4.78 is 14.5. The van der Waals surface area contributed by atoms with E-state index in [0.29, 0.717) is 13.2 Å². The molecule has 0 bridgehead atoms. The highest BCUT2D eigenvalue weighted by Gasteiger charge is 2.38. The van der Waals surface area contributed by atoms with Crippen LogP contribution in [-0.4, -0.2) is 66.9 Å². The highest BCUT2D eigenvalue weighted by Crippen LogP contribution is 2.33. The molecule has 0 unspecified atom stereocenters. The molecule has 8 heteroatoms. The minimum absolute atomic E-state index is 0.0559. The summed E-state index contributed by atoms with van der Waals surface area (Å²) in [6, 6.07) is 18.0. The molecule has 0 radical (unpaired) electrons. The quantitative estimate of drug-likeness (QED) is 0.0847. The van der Waals surface area contributed by atoms with Crippen molar-refractivity contribution in [2.45, 2.75) is 71.3 Å². The number of anilines is 1. The number of H-pyrrole nitrogens is 1. The van der Waals surface area contributed by atoms with Crippen molar-refractivity contribution in [1.29, 1.82) is 0 Å². The van der Waals surface area contributed by atoms with Crippen LogP contribution in [-0.2, 0) is 9.53 Å². The van der Waals surface area contributed by atoms with Crippen molar-refractivity contribution in [1.82, 2.24) is 4.98 Å². The molecule has 1 aliphatic heterocycles. The van der Waals surface area contributed by atoms with Gasteiger partial charge in [0.05, 0.1) is 44.8 Å². The molecule has 236 valence electrons. The van der Waals surface area contributed by atoms with Gasteiger partial charge in [-0.3, -0.25) is 4.79 Å². The van der Waals surface area contributed by atoms with E-state index in [2.05, 4.69) is 60.3 Å². The number of nitrogens with one attached hydrogen (secondary N) is 1. The van der Waals surface area contributed by atoms with Crippen molar-refractivity contribution in [2.24, 2.45) is 0 Å². The predicted octanol–water partition coefficient (Wildman–Crippen LogP) is 7.53. The van der Waals surface area contributed by atoms with Gasteiger partial charge in [0.1, 0.15) is 11.4 Å². The fourth-order valence-corrected chi connectivity index (χ4v) is 7.46. The first-order valence-electron chi connectivity index (χ1n) is 16.4. The first kappa shape index (κ1) is 32.0. The second-order valence-corrected chi connectivity index (χ2v) is 13.3. The molecule has 1 N–H and O–H groups in total. The highest BCUT2D eigenvalue weighted by atomic mass is 32.1. The minimum atomic E-state index is -0.356. The third-order valence-corrected chi connectivity index (χ3v) is 10.4. The van der Waals surface area contributed by atoms with Gasteiger partial charge in [-0.05, 0) is 85.7 Å². The Morgan fingerprint density at radius 3 is 2.57 bits per heavy atom. The predicted molar refractivity (Wildman–Crippen MR) is 182 cm³/mol. The zero-order chi connectivity index (χ0) is 31.0. The molecular weight excluding hydrogens is 570 g/mol. The first-order chi connectivity index (χ1) is 21.4. The molecule has 1 fully saturated rings. The van der Waals surface area contributed by atoms with Gasteiger partial charge in [-0.15, -0.1) is 11.3 Å². The van der Waals surface area contributed by atoms with Crippen molar-refractivity contribution in [3.05, 3.63) is 70.3 Å². The Hall–Kier alpha value is -3.36. The number of aromatic amines is 1. The van der Waals surface area contributed by atoms with Crippen LogP contribution in [0.4, 0.5) is 5.69 Å². The van der Waals surface area contributed by atoms with Gasteiger partial charge < -0.3 is 23.8 Å². The topological polar surface area (TPSA) is 71.6 Å². The van der Waals surface area contributed by atoms with Gasteiger partial charge in [-0.25, -0.2) is 4.79 Å². The van der Waals surface area contributed by atoms with Crippen LogP contribution in [0.25, 0.3) is 21.0 Å². The van der Waals surface area contributed by atoms with Crippen molar-refractivity contribution in [3.8, 4) is 5.75 Å². The zero-order valence-electron chi connectivity index (χ0n) is 26.6. The van der Waals surface area contributed by atoms with E-state index in [1.807, 2.05) is 24.3 Å². The molecule has 0 atom stereocenters. The number of unbranched alkanes of at least 4 members (excludes halogenated alkanes) is 2. The Labute approximate surface area is 265 Å². The fourth-order valence-electron chi connectivity index (χ4n) is 6.65. The Morgan fingerprint density at radius 2 is 1.80 bits per heavy atom. The Morgan fingerprint density at radius 1 is 1.00 bits per heavy atom. The Kier molecular flexibility index (Phi) is 10.6. The number of fused-ring (bicyclic) bond motifs is 2. The summed E-state index contributed by atoms with van der Waals surface area (Å²) in [5, 5.41) is 4.47.